The van der Waals surface area contributed by atoms with Gasteiger partial charge in [0.25, 0.3) is 5.91 Å². The van der Waals surface area contributed by atoms with E-state index in [2.05, 4.69) is 12.2 Å². The first-order valence-electron chi connectivity index (χ1n) is 5.71. The summed E-state index contributed by atoms with van der Waals surface area (Å²) in [6.07, 6.45) is 0.450. The highest BCUT2D eigenvalue weighted by atomic mass is 16.5. The van der Waals surface area contributed by atoms with Crippen LogP contribution in [0.1, 0.15) is 26.3 Å². The van der Waals surface area contributed by atoms with Crippen molar-refractivity contribution in [3.63, 3.8) is 0 Å². The van der Waals surface area contributed by atoms with Gasteiger partial charge in [0.2, 0.25) is 0 Å². The zero-order valence-electron chi connectivity index (χ0n) is 10.1. The molecule has 16 heavy (non-hydrogen) atoms. The topological polar surface area (TPSA) is 38.3 Å². The number of carbonyl (C=O) groups is 1. The molecule has 0 aliphatic heterocycles. The lowest BCUT2D eigenvalue weighted by Crippen LogP contribution is -2.36. The molecule has 1 aromatic rings. The number of hydrogen-bond donors (Lipinski definition) is 1. The predicted octanol–water partition coefficient (Wildman–Crippen LogP) is 2.15. The summed E-state index contributed by atoms with van der Waals surface area (Å²) in [7, 11) is 0. The molecule has 3 nitrogen and oxygen atoms in total. The molecule has 0 radical (unpaired) electrons. The molecule has 0 bridgehead atoms. The predicted molar refractivity (Wildman–Crippen MR) is 64.6 cm³/mol. The molecular weight excluding hydrogens is 202 g/mol. The van der Waals surface area contributed by atoms with Gasteiger partial charge in [0.05, 0.1) is 0 Å². The summed E-state index contributed by atoms with van der Waals surface area (Å²) in [5.41, 5.74) is 1.12. The van der Waals surface area contributed by atoms with E-state index < -0.39 is 6.10 Å². The van der Waals surface area contributed by atoms with Crippen LogP contribution in [0, 0.1) is 0 Å². The molecule has 0 aliphatic carbocycles. The molecule has 88 valence electrons. The molecule has 0 heterocycles. The quantitative estimate of drug-likeness (QED) is 0.827. The van der Waals surface area contributed by atoms with Crippen LogP contribution in [0.2, 0.25) is 0 Å². The smallest absolute Gasteiger partial charge is 0.260 e. The molecule has 1 amide bonds. The maximum Gasteiger partial charge on any atom is 0.260 e. The normalized spacial score (nSPS) is 11.9. The summed E-state index contributed by atoms with van der Waals surface area (Å²) in [5, 5.41) is 2.74. The highest BCUT2D eigenvalue weighted by Crippen LogP contribution is 2.19. The monoisotopic (exact) mass is 221 g/mol. The lowest BCUT2D eigenvalue weighted by molar-refractivity contribution is -0.127. The highest BCUT2D eigenvalue weighted by molar-refractivity contribution is 5.80. The Kier molecular flexibility index (Phi) is 4.83. The van der Waals surface area contributed by atoms with Crippen LogP contribution in [0.4, 0.5) is 0 Å². The van der Waals surface area contributed by atoms with Gasteiger partial charge in [-0.1, -0.05) is 25.1 Å². The third-order valence-corrected chi connectivity index (χ3v) is 2.38. The number of aryl methyl sites for hydroxylation is 1. The van der Waals surface area contributed by atoms with E-state index in [1.54, 1.807) is 6.92 Å². The average molecular weight is 221 g/mol. The summed E-state index contributed by atoms with van der Waals surface area (Å²) >= 11 is 0. The van der Waals surface area contributed by atoms with Crippen molar-refractivity contribution in [3.05, 3.63) is 29.8 Å². The Morgan fingerprint density at radius 2 is 2.06 bits per heavy atom. The molecular formula is C13H19NO2. The molecule has 3 heteroatoms. The van der Waals surface area contributed by atoms with Crippen LogP contribution in [-0.2, 0) is 11.2 Å². The van der Waals surface area contributed by atoms with Crippen LogP contribution in [0.3, 0.4) is 0 Å². The van der Waals surface area contributed by atoms with Crippen LogP contribution >= 0.6 is 0 Å². The molecule has 1 aromatic carbocycles. The fraction of sp³-hybridized carbons (Fsp3) is 0.462. The van der Waals surface area contributed by atoms with Gasteiger partial charge in [0, 0.05) is 6.54 Å². The zero-order chi connectivity index (χ0) is 12.0. The Morgan fingerprint density at radius 1 is 1.38 bits per heavy atom. The first-order chi connectivity index (χ1) is 7.69. The lowest BCUT2D eigenvalue weighted by atomic mass is 10.1. The number of nitrogens with one attached hydrogen (secondary N) is 1. The van der Waals surface area contributed by atoms with E-state index in [-0.39, 0.29) is 5.91 Å². The molecule has 0 fully saturated rings. The van der Waals surface area contributed by atoms with Gasteiger partial charge in [-0.05, 0) is 31.9 Å². The number of rotatable bonds is 5. The largest absolute Gasteiger partial charge is 0.481 e. The second-order valence-corrected chi connectivity index (χ2v) is 3.62. The van der Waals surface area contributed by atoms with E-state index >= 15 is 0 Å². The molecule has 0 saturated carbocycles. The average Bonchev–Trinajstić information content (AvgIpc) is 2.30. The maximum atomic E-state index is 11.5. The number of amides is 1. The van der Waals surface area contributed by atoms with Crippen LogP contribution in [0.25, 0.3) is 0 Å². The second kappa shape index (κ2) is 6.16. The van der Waals surface area contributed by atoms with Gasteiger partial charge in [-0.3, -0.25) is 4.79 Å². The number of benzene rings is 1. The van der Waals surface area contributed by atoms with Crippen LogP contribution in [-0.4, -0.2) is 18.6 Å². The van der Waals surface area contributed by atoms with Crippen molar-refractivity contribution in [1.29, 1.82) is 0 Å². The van der Waals surface area contributed by atoms with E-state index in [4.69, 9.17) is 4.74 Å². The molecule has 1 rings (SSSR count). The van der Waals surface area contributed by atoms with Gasteiger partial charge in [-0.15, -0.1) is 0 Å². The van der Waals surface area contributed by atoms with Crippen LogP contribution in [0.15, 0.2) is 24.3 Å². The number of ether oxygens (including phenoxy) is 1. The second-order valence-electron chi connectivity index (χ2n) is 3.62. The minimum atomic E-state index is -0.451. The number of carbonyl (C=O) groups excluding carboxylic acids is 1. The Morgan fingerprint density at radius 3 is 2.69 bits per heavy atom. The van der Waals surface area contributed by atoms with Crippen molar-refractivity contribution in [2.75, 3.05) is 6.54 Å². The molecule has 1 N–H and O–H groups in total. The van der Waals surface area contributed by atoms with Gasteiger partial charge < -0.3 is 10.1 Å². The third-order valence-electron chi connectivity index (χ3n) is 2.38. The number of para-hydroxylation sites is 1. The molecule has 0 spiro atoms. The molecule has 0 aromatic heterocycles. The molecule has 0 unspecified atom stereocenters. The van der Waals surface area contributed by atoms with E-state index in [0.29, 0.717) is 6.54 Å². The summed E-state index contributed by atoms with van der Waals surface area (Å²) < 4.78 is 5.64. The Bertz CT molecular complexity index is 350. The van der Waals surface area contributed by atoms with Gasteiger partial charge in [-0.2, -0.15) is 0 Å². The molecule has 0 saturated heterocycles. The number of hydrogen-bond acceptors (Lipinski definition) is 2. The van der Waals surface area contributed by atoms with Crippen LogP contribution in [0.5, 0.6) is 5.75 Å². The Labute approximate surface area is 96.8 Å². The van der Waals surface area contributed by atoms with Gasteiger partial charge in [-0.25, -0.2) is 0 Å². The highest BCUT2D eigenvalue weighted by Gasteiger charge is 2.14. The summed E-state index contributed by atoms with van der Waals surface area (Å²) in [5.74, 6) is 0.720. The van der Waals surface area contributed by atoms with Crippen molar-refractivity contribution in [3.8, 4) is 5.75 Å². The SMILES string of the molecule is CCNC(=O)[C@@H](C)Oc1ccccc1CC. The lowest BCUT2D eigenvalue weighted by Gasteiger charge is -2.16. The maximum absolute atomic E-state index is 11.5. The van der Waals surface area contributed by atoms with Gasteiger partial charge >= 0.3 is 0 Å². The standard InChI is InChI=1S/C13H19NO2/c1-4-11-8-6-7-9-12(11)16-10(3)13(15)14-5-2/h6-10H,4-5H2,1-3H3,(H,14,15)/t10-/m1/s1. The van der Waals surface area contributed by atoms with E-state index in [9.17, 15) is 4.79 Å². The minimum Gasteiger partial charge on any atom is -0.481 e. The summed E-state index contributed by atoms with van der Waals surface area (Å²) in [6.45, 7) is 6.35. The fourth-order valence-corrected chi connectivity index (χ4v) is 1.47. The third kappa shape index (κ3) is 3.26. The first-order valence-corrected chi connectivity index (χ1v) is 5.71. The Balaban J connectivity index is 2.68. The fourth-order valence-electron chi connectivity index (χ4n) is 1.47. The van der Waals surface area contributed by atoms with E-state index in [0.717, 1.165) is 17.7 Å². The van der Waals surface area contributed by atoms with Gasteiger partial charge in [0.1, 0.15) is 5.75 Å². The first kappa shape index (κ1) is 12.6. The zero-order valence-corrected chi connectivity index (χ0v) is 10.1. The molecule has 1 atom stereocenters. The Hall–Kier alpha value is -1.51. The summed E-state index contributed by atoms with van der Waals surface area (Å²) in [6, 6.07) is 7.80. The van der Waals surface area contributed by atoms with Crippen LogP contribution < -0.4 is 10.1 Å². The van der Waals surface area contributed by atoms with E-state index in [1.807, 2.05) is 31.2 Å². The van der Waals surface area contributed by atoms with Crippen molar-refractivity contribution in [2.45, 2.75) is 33.3 Å². The van der Waals surface area contributed by atoms with Crippen molar-refractivity contribution in [1.82, 2.24) is 5.32 Å². The van der Waals surface area contributed by atoms with Crippen molar-refractivity contribution < 1.29 is 9.53 Å². The number of likely N-dealkylation sites (N-methyl/N-ethyl adjacent to an activating group) is 1. The van der Waals surface area contributed by atoms with E-state index in [1.165, 1.54) is 0 Å². The van der Waals surface area contributed by atoms with Gasteiger partial charge in [0.15, 0.2) is 6.10 Å². The molecule has 0 aliphatic rings. The van der Waals surface area contributed by atoms with Crippen molar-refractivity contribution in [2.24, 2.45) is 0 Å². The minimum absolute atomic E-state index is 0.0755. The summed E-state index contributed by atoms with van der Waals surface area (Å²) in [4.78, 5) is 11.5. The van der Waals surface area contributed by atoms with Crippen molar-refractivity contribution >= 4 is 5.91 Å².